The molecule has 0 saturated heterocycles. The fraction of sp³-hybridized carbons (Fsp3) is 0. The monoisotopic (exact) mass is 167 g/mol. The Labute approximate surface area is 68.3 Å². The van der Waals surface area contributed by atoms with Crippen LogP contribution in [0.1, 0.15) is 0 Å². The smallest absolute Gasteiger partial charge is 0.0550 e. The molecular weight excluding hydrogens is 162 g/mol. The van der Waals surface area contributed by atoms with E-state index in [9.17, 15) is 0 Å². The molecule has 0 amide bonds. The molecule has 0 unspecified atom stereocenters. The Morgan fingerprint density at radius 1 is 1.40 bits per heavy atom. The highest BCUT2D eigenvalue weighted by atomic mass is 32.1. The van der Waals surface area contributed by atoms with E-state index in [4.69, 9.17) is 0 Å². The third-order valence-electron chi connectivity index (χ3n) is 1.34. The van der Waals surface area contributed by atoms with Crippen molar-refractivity contribution in [3.05, 3.63) is 24.4 Å². The summed E-state index contributed by atoms with van der Waals surface area (Å²) in [5.74, 6) is 0. The molecule has 0 N–H and O–H groups in total. The third kappa shape index (κ3) is 0.914. The molecule has 0 fully saturated rings. The molecule has 0 aliphatic carbocycles. The number of fused-ring (bicyclic) bond motifs is 1. The molecule has 1 nitrogen and oxygen atoms in total. The van der Waals surface area contributed by atoms with E-state index in [0.29, 0.717) is 0 Å². The minimum absolute atomic E-state index is 0.993. The fourth-order valence-electron chi connectivity index (χ4n) is 0.860. The summed E-state index contributed by atoms with van der Waals surface area (Å²) >= 11 is 5.72. The molecule has 0 atom stereocenters. The van der Waals surface area contributed by atoms with E-state index in [1.807, 2.05) is 24.4 Å². The third-order valence-corrected chi connectivity index (χ3v) is 2.39. The molecule has 1 aromatic heterocycles. The van der Waals surface area contributed by atoms with Crippen molar-refractivity contribution in [2.75, 3.05) is 0 Å². The Morgan fingerprint density at radius 3 is 3.20 bits per heavy atom. The minimum Gasteiger partial charge on any atom is -0.200 e. The van der Waals surface area contributed by atoms with Gasteiger partial charge in [-0.05, 0) is 29.7 Å². The van der Waals surface area contributed by atoms with Crippen LogP contribution in [0.2, 0.25) is 0 Å². The highest BCUT2D eigenvalue weighted by Crippen LogP contribution is 2.20. The fourth-order valence-corrected chi connectivity index (χ4v) is 1.70. The van der Waals surface area contributed by atoms with Gasteiger partial charge >= 0.3 is 0 Å². The molecule has 2 rings (SSSR count). The van der Waals surface area contributed by atoms with Gasteiger partial charge in [0, 0.05) is 16.5 Å². The number of thiol groups is 1. The van der Waals surface area contributed by atoms with Crippen molar-refractivity contribution in [3.8, 4) is 0 Å². The summed E-state index contributed by atoms with van der Waals surface area (Å²) in [7, 11) is 0. The van der Waals surface area contributed by atoms with Gasteiger partial charge in [-0.1, -0.05) is 0 Å². The van der Waals surface area contributed by atoms with E-state index in [1.54, 1.807) is 0 Å². The second-order valence-corrected chi connectivity index (χ2v) is 3.40. The maximum atomic E-state index is 4.21. The average molecular weight is 167 g/mol. The predicted octanol–water partition coefficient (Wildman–Crippen LogP) is 2.58. The van der Waals surface area contributed by atoms with Crippen LogP contribution in [0.15, 0.2) is 29.3 Å². The Hall–Kier alpha value is -0.540. The highest BCUT2D eigenvalue weighted by molar-refractivity contribution is 7.80. The van der Waals surface area contributed by atoms with Gasteiger partial charge in [-0.3, -0.25) is 0 Å². The Morgan fingerprint density at radius 2 is 2.30 bits per heavy atom. The normalized spacial score (nSPS) is 10.5. The van der Waals surface area contributed by atoms with Gasteiger partial charge in [0.25, 0.3) is 0 Å². The summed E-state index contributed by atoms with van der Waals surface area (Å²) in [6.45, 7) is 0. The lowest BCUT2D eigenvalue weighted by Crippen LogP contribution is -1.62. The van der Waals surface area contributed by atoms with Crippen LogP contribution < -0.4 is 0 Å². The van der Waals surface area contributed by atoms with Gasteiger partial charge in [0.2, 0.25) is 0 Å². The largest absolute Gasteiger partial charge is 0.200 e. The maximum Gasteiger partial charge on any atom is 0.0550 e. The molecule has 10 heavy (non-hydrogen) atoms. The molecule has 0 aliphatic rings. The molecule has 50 valence electrons. The second-order valence-electron chi connectivity index (χ2n) is 2.05. The first-order chi connectivity index (χ1) is 4.86. The molecule has 0 saturated carbocycles. The van der Waals surface area contributed by atoms with Crippen molar-refractivity contribution >= 4 is 34.2 Å². The van der Waals surface area contributed by atoms with Crippen LogP contribution in [-0.2, 0) is 0 Å². The lowest BCUT2D eigenvalue weighted by molar-refractivity contribution is 1.52. The summed E-state index contributed by atoms with van der Waals surface area (Å²) in [6.07, 6.45) is 1.86. The zero-order chi connectivity index (χ0) is 6.97. The summed E-state index contributed by atoms with van der Waals surface area (Å²) < 4.78 is 5.27. The number of rotatable bonds is 0. The van der Waals surface area contributed by atoms with Crippen LogP contribution in [0, 0.1) is 0 Å². The summed E-state index contributed by atoms with van der Waals surface area (Å²) in [6, 6.07) is 6.03. The van der Waals surface area contributed by atoms with Gasteiger partial charge in [0.05, 0.1) is 4.70 Å². The Balaban J connectivity index is 2.86. The predicted molar refractivity (Wildman–Crippen MR) is 46.9 cm³/mol. The van der Waals surface area contributed by atoms with Crippen molar-refractivity contribution in [1.82, 2.24) is 4.37 Å². The Kier molecular flexibility index (Phi) is 1.39. The molecule has 1 heterocycles. The second kappa shape index (κ2) is 2.25. The number of hydrogen-bond acceptors (Lipinski definition) is 3. The highest BCUT2D eigenvalue weighted by Gasteiger charge is 1.93. The van der Waals surface area contributed by atoms with Crippen molar-refractivity contribution in [3.63, 3.8) is 0 Å². The van der Waals surface area contributed by atoms with Gasteiger partial charge < -0.3 is 0 Å². The summed E-state index contributed by atoms with van der Waals surface area (Å²) in [4.78, 5) is 0.993. The molecule has 1 aromatic carbocycles. The van der Waals surface area contributed by atoms with E-state index < -0.39 is 0 Å². The van der Waals surface area contributed by atoms with Gasteiger partial charge in [0.1, 0.15) is 0 Å². The minimum atomic E-state index is 0.993. The number of benzene rings is 1. The van der Waals surface area contributed by atoms with Crippen molar-refractivity contribution in [1.29, 1.82) is 0 Å². The quantitative estimate of drug-likeness (QED) is 0.595. The van der Waals surface area contributed by atoms with Crippen molar-refractivity contribution < 1.29 is 0 Å². The summed E-state index contributed by atoms with van der Waals surface area (Å²) in [5.41, 5.74) is 0. The lowest BCUT2D eigenvalue weighted by Gasteiger charge is -1.87. The van der Waals surface area contributed by atoms with Gasteiger partial charge in [-0.15, -0.1) is 12.6 Å². The lowest BCUT2D eigenvalue weighted by atomic mass is 10.3. The topological polar surface area (TPSA) is 12.9 Å². The molecule has 2 aromatic rings. The zero-order valence-electron chi connectivity index (χ0n) is 5.11. The van der Waals surface area contributed by atoms with Gasteiger partial charge in [0.15, 0.2) is 0 Å². The van der Waals surface area contributed by atoms with E-state index >= 15 is 0 Å². The zero-order valence-corrected chi connectivity index (χ0v) is 6.82. The van der Waals surface area contributed by atoms with E-state index in [1.165, 1.54) is 21.6 Å². The van der Waals surface area contributed by atoms with Crippen LogP contribution in [0.3, 0.4) is 0 Å². The van der Waals surface area contributed by atoms with E-state index in [-0.39, 0.29) is 0 Å². The molecule has 0 radical (unpaired) electrons. The van der Waals surface area contributed by atoms with Gasteiger partial charge in [-0.2, -0.15) is 4.37 Å². The van der Waals surface area contributed by atoms with Crippen LogP contribution in [0.5, 0.6) is 0 Å². The number of hydrogen-bond donors (Lipinski definition) is 1. The first-order valence-corrected chi connectivity index (χ1v) is 4.12. The standard InChI is InChI=1S/C7H5NS2/c9-6-1-2-7-5(3-6)4-8-10-7/h1-4,9H. The molecule has 0 spiro atoms. The van der Waals surface area contributed by atoms with Crippen LogP contribution in [0.25, 0.3) is 10.1 Å². The molecule has 0 bridgehead atoms. The van der Waals surface area contributed by atoms with E-state index in [2.05, 4.69) is 17.0 Å². The number of aromatic nitrogens is 1. The van der Waals surface area contributed by atoms with Crippen LogP contribution in [0.4, 0.5) is 0 Å². The SMILES string of the molecule is Sc1ccc2sncc2c1. The molecule has 3 heteroatoms. The summed E-state index contributed by atoms with van der Waals surface area (Å²) in [5, 5.41) is 1.18. The molecule has 0 aliphatic heterocycles. The van der Waals surface area contributed by atoms with Crippen molar-refractivity contribution in [2.24, 2.45) is 0 Å². The van der Waals surface area contributed by atoms with Gasteiger partial charge in [-0.25, -0.2) is 0 Å². The van der Waals surface area contributed by atoms with Crippen LogP contribution >= 0.6 is 24.2 Å². The number of nitrogens with zero attached hydrogens (tertiary/aromatic N) is 1. The molecular formula is C7H5NS2. The van der Waals surface area contributed by atoms with E-state index in [0.717, 1.165) is 4.90 Å². The van der Waals surface area contributed by atoms with Crippen LogP contribution in [-0.4, -0.2) is 4.37 Å². The average Bonchev–Trinajstić information content (AvgIpc) is 2.33. The maximum absolute atomic E-state index is 4.21. The Bertz CT molecular complexity index is 353. The van der Waals surface area contributed by atoms with Crippen molar-refractivity contribution in [2.45, 2.75) is 4.90 Å². The first kappa shape index (κ1) is 6.19. The first-order valence-electron chi connectivity index (χ1n) is 2.90.